The second-order valence-corrected chi connectivity index (χ2v) is 7.72. The van der Waals surface area contributed by atoms with Crippen molar-refractivity contribution in [2.75, 3.05) is 34.2 Å². The van der Waals surface area contributed by atoms with Crippen molar-refractivity contribution in [1.29, 1.82) is 0 Å². The molecule has 0 fully saturated rings. The van der Waals surface area contributed by atoms with E-state index in [1.165, 1.54) is 5.56 Å². The highest BCUT2D eigenvalue weighted by Gasteiger charge is 2.11. The van der Waals surface area contributed by atoms with Gasteiger partial charge in [0.2, 0.25) is 0 Å². The Kier molecular flexibility index (Phi) is 9.35. The minimum Gasteiger partial charge on any atom is -0.357 e. The van der Waals surface area contributed by atoms with Crippen LogP contribution in [0, 0.1) is 0 Å². The zero-order valence-corrected chi connectivity index (χ0v) is 18.9. The molecule has 0 aromatic heterocycles. The van der Waals surface area contributed by atoms with Gasteiger partial charge in [-0.3, -0.25) is 9.69 Å². The van der Waals surface area contributed by atoms with Crippen LogP contribution in [0.2, 0.25) is 0 Å². The first-order valence-corrected chi connectivity index (χ1v) is 10.5. The van der Waals surface area contributed by atoms with Crippen LogP contribution in [0.5, 0.6) is 0 Å². The summed E-state index contributed by atoms with van der Waals surface area (Å²) >= 11 is 0. The second kappa shape index (κ2) is 12.0. The van der Waals surface area contributed by atoms with Crippen LogP contribution in [0.15, 0.2) is 59.6 Å². The van der Waals surface area contributed by atoms with Gasteiger partial charge in [-0.1, -0.05) is 42.5 Å². The van der Waals surface area contributed by atoms with Gasteiger partial charge in [-0.2, -0.15) is 0 Å². The Hall–Kier alpha value is -2.86. The molecule has 0 spiro atoms. The molecule has 0 aliphatic heterocycles. The Bertz CT molecular complexity index is 802. The summed E-state index contributed by atoms with van der Waals surface area (Å²) < 4.78 is 0. The number of likely N-dealkylation sites (N-methyl/N-ethyl adjacent to an activating group) is 1. The zero-order chi connectivity index (χ0) is 21.9. The molecule has 0 aliphatic carbocycles. The molecule has 0 bridgehead atoms. The summed E-state index contributed by atoms with van der Waals surface area (Å²) in [5.41, 5.74) is 3.06. The quantitative estimate of drug-likeness (QED) is 0.494. The maximum Gasteiger partial charge on any atom is 0.253 e. The number of benzene rings is 2. The average Bonchev–Trinajstić information content (AvgIpc) is 2.75. The van der Waals surface area contributed by atoms with Crippen molar-refractivity contribution < 1.29 is 4.79 Å². The number of amides is 1. The van der Waals surface area contributed by atoms with E-state index in [0.29, 0.717) is 18.2 Å². The number of hydrogen-bond donors (Lipinski definition) is 2. The van der Waals surface area contributed by atoms with Crippen molar-refractivity contribution >= 4 is 11.9 Å². The fourth-order valence-electron chi connectivity index (χ4n) is 2.95. The van der Waals surface area contributed by atoms with Crippen LogP contribution in [-0.2, 0) is 13.1 Å². The Morgan fingerprint density at radius 3 is 2.23 bits per heavy atom. The molecule has 0 aliphatic rings. The highest BCUT2D eigenvalue weighted by Crippen LogP contribution is 2.08. The molecule has 0 saturated carbocycles. The summed E-state index contributed by atoms with van der Waals surface area (Å²) in [7, 11) is 5.65. The Morgan fingerprint density at radius 1 is 0.967 bits per heavy atom. The number of aliphatic imine (C=N–C) groups is 1. The maximum absolute atomic E-state index is 12.0. The summed E-state index contributed by atoms with van der Waals surface area (Å²) in [5.74, 6) is 0.805. The van der Waals surface area contributed by atoms with Crippen molar-refractivity contribution in [3.8, 4) is 0 Å². The summed E-state index contributed by atoms with van der Waals surface area (Å²) in [6, 6.07) is 18.5. The molecular formula is C24H35N5O. The number of carbonyl (C=O) groups excluding carboxylic acids is 1. The third-order valence-electron chi connectivity index (χ3n) is 4.96. The third-order valence-corrected chi connectivity index (χ3v) is 4.96. The Labute approximate surface area is 181 Å². The lowest BCUT2D eigenvalue weighted by Crippen LogP contribution is -2.44. The maximum atomic E-state index is 12.0. The predicted molar refractivity (Wildman–Crippen MR) is 125 cm³/mol. The van der Waals surface area contributed by atoms with Gasteiger partial charge in [0.1, 0.15) is 0 Å². The van der Waals surface area contributed by atoms with Crippen molar-refractivity contribution in [3.63, 3.8) is 0 Å². The summed E-state index contributed by atoms with van der Waals surface area (Å²) in [6.07, 6.45) is 0. The first-order valence-electron chi connectivity index (χ1n) is 10.5. The number of carbonyl (C=O) groups is 1. The van der Waals surface area contributed by atoms with Crippen molar-refractivity contribution in [1.82, 2.24) is 20.4 Å². The molecule has 0 heterocycles. The fraction of sp³-hybridized carbons (Fsp3) is 0.417. The Balaban J connectivity index is 1.89. The third kappa shape index (κ3) is 7.52. The van der Waals surface area contributed by atoms with Crippen LogP contribution >= 0.6 is 0 Å². The van der Waals surface area contributed by atoms with E-state index >= 15 is 0 Å². The van der Waals surface area contributed by atoms with Gasteiger partial charge in [0.05, 0.1) is 6.54 Å². The first-order chi connectivity index (χ1) is 14.4. The smallest absolute Gasteiger partial charge is 0.253 e. The number of rotatable bonds is 9. The van der Waals surface area contributed by atoms with Crippen LogP contribution in [0.25, 0.3) is 0 Å². The predicted octanol–water partition coefficient (Wildman–Crippen LogP) is 2.96. The molecule has 1 unspecified atom stereocenters. The first kappa shape index (κ1) is 23.4. The molecule has 1 atom stereocenters. The van der Waals surface area contributed by atoms with E-state index in [2.05, 4.69) is 65.7 Å². The number of nitrogens with one attached hydrogen (secondary N) is 2. The van der Waals surface area contributed by atoms with Gasteiger partial charge in [-0.15, -0.1) is 0 Å². The highest BCUT2D eigenvalue weighted by molar-refractivity contribution is 5.93. The molecule has 2 aromatic carbocycles. The largest absolute Gasteiger partial charge is 0.357 e. The average molecular weight is 410 g/mol. The molecule has 2 aromatic rings. The van der Waals surface area contributed by atoms with Crippen molar-refractivity contribution in [3.05, 3.63) is 71.3 Å². The second-order valence-electron chi connectivity index (χ2n) is 7.72. The minimum absolute atomic E-state index is 0.00802. The number of nitrogens with zero attached hydrogens (tertiary/aromatic N) is 3. The fourth-order valence-corrected chi connectivity index (χ4v) is 2.95. The van der Waals surface area contributed by atoms with Gasteiger partial charge in [0, 0.05) is 45.3 Å². The molecule has 162 valence electrons. The van der Waals surface area contributed by atoms with E-state index in [9.17, 15) is 4.79 Å². The lowest BCUT2D eigenvalue weighted by atomic mass is 10.1. The van der Waals surface area contributed by atoms with E-state index < -0.39 is 0 Å². The van der Waals surface area contributed by atoms with Gasteiger partial charge >= 0.3 is 0 Å². The van der Waals surface area contributed by atoms with E-state index in [4.69, 9.17) is 0 Å². The van der Waals surface area contributed by atoms with E-state index in [-0.39, 0.29) is 5.91 Å². The van der Waals surface area contributed by atoms with Gasteiger partial charge < -0.3 is 15.5 Å². The monoisotopic (exact) mass is 409 g/mol. The van der Waals surface area contributed by atoms with Gasteiger partial charge in [0.25, 0.3) is 5.91 Å². The SMILES string of the molecule is CCNC(=NCc1ccc(C(=O)N(C)C)cc1)NCC(C)N(C)Cc1ccccc1. The van der Waals surface area contributed by atoms with Crippen LogP contribution in [0.1, 0.15) is 35.3 Å². The van der Waals surface area contributed by atoms with E-state index in [0.717, 1.165) is 31.2 Å². The molecule has 0 saturated heterocycles. The number of guanidine groups is 1. The van der Waals surface area contributed by atoms with Crippen LogP contribution in [0.4, 0.5) is 0 Å². The zero-order valence-electron chi connectivity index (χ0n) is 18.9. The molecular weight excluding hydrogens is 374 g/mol. The molecule has 6 nitrogen and oxygen atoms in total. The normalized spacial score (nSPS) is 12.5. The summed E-state index contributed by atoms with van der Waals surface area (Å²) in [4.78, 5) is 20.6. The van der Waals surface area contributed by atoms with Gasteiger partial charge in [0.15, 0.2) is 5.96 Å². The molecule has 0 radical (unpaired) electrons. The molecule has 1 amide bonds. The molecule has 6 heteroatoms. The van der Waals surface area contributed by atoms with Crippen LogP contribution < -0.4 is 10.6 Å². The highest BCUT2D eigenvalue weighted by atomic mass is 16.2. The lowest BCUT2D eigenvalue weighted by Gasteiger charge is -2.25. The standard InChI is InChI=1S/C24H35N5O/c1-6-25-24(26-16-19(2)29(5)18-21-10-8-7-9-11-21)27-17-20-12-14-22(15-13-20)23(30)28(3)4/h7-15,19H,6,16-18H2,1-5H3,(H2,25,26,27). The van der Waals surface area contributed by atoms with Crippen LogP contribution in [-0.4, -0.2) is 61.9 Å². The Morgan fingerprint density at radius 2 is 1.63 bits per heavy atom. The summed E-state index contributed by atoms with van der Waals surface area (Å²) in [5, 5.41) is 6.74. The van der Waals surface area contributed by atoms with Gasteiger partial charge in [-0.25, -0.2) is 4.99 Å². The molecule has 2 rings (SSSR count). The van der Waals surface area contributed by atoms with Crippen molar-refractivity contribution in [2.45, 2.75) is 33.0 Å². The van der Waals surface area contributed by atoms with E-state index in [1.54, 1.807) is 19.0 Å². The van der Waals surface area contributed by atoms with Gasteiger partial charge in [-0.05, 0) is 44.2 Å². The number of hydrogen-bond acceptors (Lipinski definition) is 3. The topological polar surface area (TPSA) is 60.0 Å². The summed E-state index contributed by atoms with van der Waals surface area (Å²) in [6.45, 7) is 7.33. The van der Waals surface area contributed by atoms with E-state index in [1.807, 2.05) is 30.3 Å². The van der Waals surface area contributed by atoms with Crippen LogP contribution in [0.3, 0.4) is 0 Å². The minimum atomic E-state index is 0.00802. The molecule has 30 heavy (non-hydrogen) atoms. The lowest BCUT2D eigenvalue weighted by molar-refractivity contribution is 0.0827. The van der Waals surface area contributed by atoms with Crippen molar-refractivity contribution in [2.24, 2.45) is 4.99 Å². The molecule has 2 N–H and O–H groups in total.